The number of aromatic amines is 1. The van der Waals surface area contributed by atoms with Crippen LogP contribution in [0.1, 0.15) is 62.4 Å². The lowest BCUT2D eigenvalue weighted by atomic mass is 9.83. The number of rotatable bonds is 2. The second-order valence-electron chi connectivity index (χ2n) is 5.18. The Bertz CT molecular complexity index is 346. The summed E-state index contributed by atoms with van der Waals surface area (Å²) in [4.78, 5) is 7.95. The number of H-pyrrole nitrogens is 1. The minimum atomic E-state index is -0.151. The van der Waals surface area contributed by atoms with Crippen LogP contribution in [0, 0.1) is 0 Å². The number of imidazole rings is 1. The topological polar surface area (TPSA) is 54.7 Å². The number of aromatic nitrogens is 2. The second kappa shape index (κ2) is 3.34. The predicted molar refractivity (Wildman–Crippen MR) is 59.5 cm³/mol. The average Bonchev–Trinajstić information content (AvgIpc) is 2.71. The van der Waals surface area contributed by atoms with Crippen molar-refractivity contribution in [1.82, 2.24) is 9.97 Å². The minimum Gasteiger partial charge on any atom is -0.344 e. The van der Waals surface area contributed by atoms with Gasteiger partial charge in [-0.2, -0.15) is 0 Å². The van der Waals surface area contributed by atoms with Crippen molar-refractivity contribution in [3.8, 4) is 0 Å². The molecule has 0 atom stereocenters. The molecule has 3 nitrogen and oxygen atoms in total. The van der Waals surface area contributed by atoms with E-state index >= 15 is 0 Å². The van der Waals surface area contributed by atoms with Crippen LogP contribution >= 0.6 is 0 Å². The highest BCUT2D eigenvalue weighted by Gasteiger charge is 2.34. The highest BCUT2D eigenvalue weighted by Crippen LogP contribution is 2.38. The first kappa shape index (κ1) is 9.40. The van der Waals surface area contributed by atoms with Crippen molar-refractivity contribution in [2.75, 3.05) is 0 Å². The number of hydrogen-bond acceptors (Lipinski definition) is 2. The molecule has 1 aromatic rings. The predicted octanol–water partition coefficient (Wildman–Crippen LogP) is 2.41. The molecule has 15 heavy (non-hydrogen) atoms. The van der Waals surface area contributed by atoms with Gasteiger partial charge in [0.05, 0.1) is 5.54 Å². The van der Waals surface area contributed by atoms with Gasteiger partial charge in [0.15, 0.2) is 0 Å². The van der Waals surface area contributed by atoms with Crippen LogP contribution in [-0.2, 0) is 5.54 Å². The molecule has 3 rings (SSSR count). The zero-order valence-electron chi connectivity index (χ0n) is 9.13. The van der Waals surface area contributed by atoms with E-state index in [1.54, 1.807) is 0 Å². The molecule has 2 aliphatic carbocycles. The van der Waals surface area contributed by atoms with Crippen molar-refractivity contribution < 1.29 is 0 Å². The maximum absolute atomic E-state index is 6.36. The Kier molecular flexibility index (Phi) is 2.09. The molecule has 82 valence electrons. The molecule has 1 heterocycles. The van der Waals surface area contributed by atoms with Crippen LogP contribution in [0.4, 0.5) is 0 Å². The number of nitrogens with zero attached hydrogens (tertiary/aromatic N) is 1. The standard InChI is InChI=1S/C12H19N3/c13-12(6-1-2-7-12)11-14-8-10(15-11)9-4-3-5-9/h8-9H,1-7,13H2,(H,14,15). The summed E-state index contributed by atoms with van der Waals surface area (Å²) in [5.74, 6) is 1.76. The van der Waals surface area contributed by atoms with Crippen molar-refractivity contribution in [3.05, 3.63) is 17.7 Å². The maximum Gasteiger partial charge on any atom is 0.126 e. The summed E-state index contributed by atoms with van der Waals surface area (Å²) in [5.41, 5.74) is 7.52. The minimum absolute atomic E-state index is 0.151. The lowest BCUT2D eigenvalue weighted by Gasteiger charge is -2.24. The molecule has 3 N–H and O–H groups in total. The number of nitrogens with one attached hydrogen (secondary N) is 1. The fourth-order valence-electron chi connectivity index (χ4n) is 2.76. The Morgan fingerprint density at radius 2 is 2.00 bits per heavy atom. The highest BCUT2D eigenvalue weighted by molar-refractivity contribution is 5.16. The molecule has 0 amide bonds. The number of nitrogens with two attached hydrogens (primary N) is 1. The largest absolute Gasteiger partial charge is 0.344 e. The molecule has 0 aromatic carbocycles. The van der Waals surface area contributed by atoms with Gasteiger partial charge in [-0.05, 0) is 25.7 Å². The van der Waals surface area contributed by atoms with E-state index in [0.29, 0.717) is 0 Å². The molecule has 0 unspecified atom stereocenters. The van der Waals surface area contributed by atoms with E-state index in [4.69, 9.17) is 5.73 Å². The maximum atomic E-state index is 6.36. The van der Waals surface area contributed by atoms with E-state index in [1.807, 2.05) is 6.20 Å². The molecule has 1 aromatic heterocycles. The highest BCUT2D eigenvalue weighted by atomic mass is 15.0. The van der Waals surface area contributed by atoms with Gasteiger partial charge in [-0.25, -0.2) is 4.98 Å². The van der Waals surface area contributed by atoms with Crippen LogP contribution in [0.2, 0.25) is 0 Å². The van der Waals surface area contributed by atoms with Gasteiger partial charge in [0.2, 0.25) is 0 Å². The SMILES string of the molecule is NC1(c2ncc(C3CCC3)[nH]2)CCCC1. The molecule has 0 aliphatic heterocycles. The zero-order valence-corrected chi connectivity index (χ0v) is 9.13. The van der Waals surface area contributed by atoms with Crippen LogP contribution in [0.25, 0.3) is 0 Å². The second-order valence-corrected chi connectivity index (χ2v) is 5.18. The van der Waals surface area contributed by atoms with E-state index in [0.717, 1.165) is 24.6 Å². The fourth-order valence-corrected chi connectivity index (χ4v) is 2.76. The van der Waals surface area contributed by atoms with Gasteiger partial charge in [0.25, 0.3) is 0 Å². The van der Waals surface area contributed by atoms with Crippen molar-refractivity contribution in [2.24, 2.45) is 5.73 Å². The third-order valence-electron chi connectivity index (χ3n) is 4.11. The van der Waals surface area contributed by atoms with Crippen molar-refractivity contribution in [2.45, 2.75) is 56.4 Å². The van der Waals surface area contributed by atoms with E-state index in [9.17, 15) is 0 Å². The van der Waals surface area contributed by atoms with E-state index in [2.05, 4.69) is 9.97 Å². The van der Waals surface area contributed by atoms with Gasteiger partial charge < -0.3 is 10.7 Å². The van der Waals surface area contributed by atoms with Crippen molar-refractivity contribution >= 4 is 0 Å². The third-order valence-corrected chi connectivity index (χ3v) is 4.11. The Hall–Kier alpha value is -0.830. The molecule has 2 fully saturated rings. The van der Waals surface area contributed by atoms with Crippen molar-refractivity contribution in [1.29, 1.82) is 0 Å². The molecular weight excluding hydrogens is 186 g/mol. The Balaban J connectivity index is 1.82. The number of hydrogen-bond donors (Lipinski definition) is 2. The Labute approximate surface area is 90.5 Å². The van der Waals surface area contributed by atoms with E-state index in [1.165, 1.54) is 37.8 Å². The molecule has 0 radical (unpaired) electrons. The summed E-state index contributed by atoms with van der Waals surface area (Å²) < 4.78 is 0. The van der Waals surface area contributed by atoms with Crippen LogP contribution in [0.3, 0.4) is 0 Å². The monoisotopic (exact) mass is 205 g/mol. The third kappa shape index (κ3) is 1.49. The van der Waals surface area contributed by atoms with Gasteiger partial charge >= 0.3 is 0 Å². The molecule has 3 heteroatoms. The lowest BCUT2D eigenvalue weighted by Crippen LogP contribution is -2.34. The molecular formula is C12H19N3. The zero-order chi connectivity index (χ0) is 10.3. The van der Waals surface area contributed by atoms with Crippen LogP contribution in [0.5, 0.6) is 0 Å². The average molecular weight is 205 g/mol. The first-order valence-electron chi connectivity index (χ1n) is 6.12. The van der Waals surface area contributed by atoms with Gasteiger partial charge in [-0.1, -0.05) is 19.3 Å². The van der Waals surface area contributed by atoms with Crippen molar-refractivity contribution in [3.63, 3.8) is 0 Å². The summed E-state index contributed by atoms with van der Waals surface area (Å²) in [6.45, 7) is 0. The summed E-state index contributed by atoms with van der Waals surface area (Å²) in [5, 5.41) is 0. The smallest absolute Gasteiger partial charge is 0.126 e. The fraction of sp³-hybridized carbons (Fsp3) is 0.750. The van der Waals surface area contributed by atoms with Gasteiger partial charge in [-0.3, -0.25) is 0 Å². The van der Waals surface area contributed by atoms with Crippen LogP contribution in [0.15, 0.2) is 6.20 Å². The summed E-state index contributed by atoms with van der Waals surface area (Å²) in [6, 6.07) is 0. The van der Waals surface area contributed by atoms with Crippen LogP contribution < -0.4 is 5.73 Å². The molecule has 0 spiro atoms. The lowest BCUT2D eigenvalue weighted by molar-refractivity contribution is 0.404. The summed E-state index contributed by atoms with van der Waals surface area (Å²) >= 11 is 0. The van der Waals surface area contributed by atoms with Gasteiger partial charge in [0, 0.05) is 17.8 Å². The van der Waals surface area contributed by atoms with E-state index in [-0.39, 0.29) is 5.54 Å². The molecule has 2 saturated carbocycles. The molecule has 0 saturated heterocycles. The summed E-state index contributed by atoms with van der Waals surface area (Å²) in [6.07, 6.45) is 10.7. The van der Waals surface area contributed by atoms with E-state index < -0.39 is 0 Å². The molecule has 0 bridgehead atoms. The van der Waals surface area contributed by atoms with Gasteiger partial charge in [0.1, 0.15) is 5.82 Å². The summed E-state index contributed by atoms with van der Waals surface area (Å²) in [7, 11) is 0. The Morgan fingerprint density at radius 3 is 2.60 bits per heavy atom. The first-order chi connectivity index (χ1) is 7.28. The molecule has 2 aliphatic rings. The Morgan fingerprint density at radius 1 is 1.27 bits per heavy atom. The van der Waals surface area contributed by atoms with Gasteiger partial charge in [-0.15, -0.1) is 0 Å². The normalized spacial score (nSPS) is 25.4. The van der Waals surface area contributed by atoms with Crippen LogP contribution in [-0.4, -0.2) is 9.97 Å². The quantitative estimate of drug-likeness (QED) is 0.779. The first-order valence-corrected chi connectivity index (χ1v) is 6.12.